The van der Waals surface area contributed by atoms with E-state index in [9.17, 15) is 0 Å². The second-order valence-electron chi connectivity index (χ2n) is 4.60. The Bertz CT molecular complexity index is 476. The molecule has 17 heavy (non-hydrogen) atoms. The van der Waals surface area contributed by atoms with E-state index >= 15 is 0 Å². The number of hydrogen-bond acceptors (Lipinski definition) is 3. The van der Waals surface area contributed by atoms with Crippen molar-refractivity contribution in [3.63, 3.8) is 0 Å². The summed E-state index contributed by atoms with van der Waals surface area (Å²) >= 11 is 1.84. The van der Waals surface area contributed by atoms with Gasteiger partial charge in [-0.2, -0.15) is 0 Å². The SMILES string of the molecule is CN(C)C(CCCN)c1csc2ccccc12. The van der Waals surface area contributed by atoms with Crippen molar-refractivity contribution < 1.29 is 0 Å². The van der Waals surface area contributed by atoms with E-state index in [2.05, 4.69) is 48.6 Å². The van der Waals surface area contributed by atoms with Crippen LogP contribution in [0.3, 0.4) is 0 Å². The summed E-state index contributed by atoms with van der Waals surface area (Å²) in [7, 11) is 4.29. The van der Waals surface area contributed by atoms with Gasteiger partial charge in [-0.3, -0.25) is 0 Å². The van der Waals surface area contributed by atoms with Crippen molar-refractivity contribution in [2.45, 2.75) is 18.9 Å². The van der Waals surface area contributed by atoms with E-state index in [1.807, 2.05) is 11.3 Å². The van der Waals surface area contributed by atoms with Crippen LogP contribution in [0.4, 0.5) is 0 Å². The Morgan fingerprint density at radius 1 is 1.29 bits per heavy atom. The van der Waals surface area contributed by atoms with Crippen molar-refractivity contribution >= 4 is 21.4 Å². The fourth-order valence-electron chi connectivity index (χ4n) is 2.26. The largest absolute Gasteiger partial charge is 0.330 e. The van der Waals surface area contributed by atoms with Crippen molar-refractivity contribution in [3.05, 3.63) is 35.2 Å². The molecule has 0 fully saturated rings. The van der Waals surface area contributed by atoms with Gasteiger partial charge in [-0.25, -0.2) is 0 Å². The Morgan fingerprint density at radius 3 is 2.76 bits per heavy atom. The second-order valence-corrected chi connectivity index (χ2v) is 5.51. The quantitative estimate of drug-likeness (QED) is 0.880. The van der Waals surface area contributed by atoms with Crippen molar-refractivity contribution in [2.24, 2.45) is 5.73 Å². The Hall–Kier alpha value is -0.900. The molecule has 0 aliphatic heterocycles. The molecule has 1 aromatic heterocycles. The highest BCUT2D eigenvalue weighted by atomic mass is 32.1. The first-order valence-corrected chi connectivity index (χ1v) is 6.94. The number of fused-ring (bicyclic) bond motifs is 1. The van der Waals surface area contributed by atoms with Gasteiger partial charge in [0.15, 0.2) is 0 Å². The highest BCUT2D eigenvalue weighted by molar-refractivity contribution is 7.17. The molecule has 0 spiro atoms. The van der Waals surface area contributed by atoms with E-state index in [1.165, 1.54) is 15.6 Å². The van der Waals surface area contributed by atoms with Crippen LogP contribution >= 0.6 is 11.3 Å². The first-order chi connectivity index (χ1) is 8.24. The lowest BCUT2D eigenvalue weighted by Gasteiger charge is -2.24. The molecule has 2 rings (SSSR count). The number of nitrogens with two attached hydrogens (primary N) is 1. The normalized spacial score (nSPS) is 13.4. The van der Waals surface area contributed by atoms with Crippen LogP contribution in [0, 0.1) is 0 Å². The molecule has 2 aromatic rings. The summed E-state index contributed by atoms with van der Waals surface area (Å²) in [5.41, 5.74) is 7.08. The smallest absolute Gasteiger partial charge is 0.0356 e. The number of benzene rings is 1. The summed E-state index contributed by atoms with van der Waals surface area (Å²) in [4.78, 5) is 2.30. The predicted octanol–water partition coefficient (Wildman–Crippen LogP) is 3.24. The Balaban J connectivity index is 2.34. The maximum Gasteiger partial charge on any atom is 0.0356 e. The Labute approximate surface area is 107 Å². The van der Waals surface area contributed by atoms with Crippen LogP contribution in [0.2, 0.25) is 0 Å². The molecule has 2 nitrogen and oxygen atoms in total. The highest BCUT2D eigenvalue weighted by Crippen LogP contribution is 2.34. The molecule has 1 heterocycles. The van der Waals surface area contributed by atoms with Gasteiger partial charge < -0.3 is 10.6 Å². The van der Waals surface area contributed by atoms with Gasteiger partial charge in [-0.1, -0.05) is 18.2 Å². The summed E-state index contributed by atoms with van der Waals surface area (Å²) in [6.45, 7) is 0.770. The van der Waals surface area contributed by atoms with E-state index < -0.39 is 0 Å². The molecule has 92 valence electrons. The van der Waals surface area contributed by atoms with Crippen LogP contribution in [-0.4, -0.2) is 25.5 Å². The summed E-state index contributed by atoms with van der Waals surface area (Å²) in [6, 6.07) is 9.12. The molecule has 1 unspecified atom stereocenters. The predicted molar refractivity (Wildman–Crippen MR) is 76.5 cm³/mol. The lowest BCUT2D eigenvalue weighted by atomic mass is 10.0. The molecule has 0 amide bonds. The van der Waals surface area contributed by atoms with Gasteiger partial charge in [0.2, 0.25) is 0 Å². The fraction of sp³-hybridized carbons (Fsp3) is 0.429. The third-order valence-electron chi connectivity index (χ3n) is 3.17. The summed E-state index contributed by atoms with van der Waals surface area (Å²) in [5, 5.41) is 3.69. The third-order valence-corrected chi connectivity index (χ3v) is 4.16. The van der Waals surface area contributed by atoms with E-state index in [1.54, 1.807) is 0 Å². The molecule has 1 atom stereocenters. The lowest BCUT2D eigenvalue weighted by Crippen LogP contribution is -2.20. The zero-order valence-electron chi connectivity index (χ0n) is 10.5. The Kier molecular flexibility index (Phi) is 4.15. The van der Waals surface area contributed by atoms with Gasteiger partial charge in [0.05, 0.1) is 0 Å². The number of hydrogen-bond donors (Lipinski definition) is 1. The molecule has 0 saturated heterocycles. The second kappa shape index (κ2) is 5.63. The molecular formula is C14H20N2S. The van der Waals surface area contributed by atoms with Crippen LogP contribution < -0.4 is 5.73 Å². The lowest BCUT2D eigenvalue weighted by molar-refractivity contribution is 0.282. The van der Waals surface area contributed by atoms with Gasteiger partial charge in [-0.15, -0.1) is 11.3 Å². The molecule has 0 bridgehead atoms. The maximum absolute atomic E-state index is 5.63. The maximum atomic E-state index is 5.63. The molecule has 0 radical (unpaired) electrons. The highest BCUT2D eigenvalue weighted by Gasteiger charge is 2.17. The third kappa shape index (κ3) is 2.68. The first kappa shape index (κ1) is 12.6. The van der Waals surface area contributed by atoms with Crippen LogP contribution in [0.1, 0.15) is 24.4 Å². The topological polar surface area (TPSA) is 29.3 Å². The minimum Gasteiger partial charge on any atom is -0.330 e. The molecule has 0 aliphatic carbocycles. The van der Waals surface area contributed by atoms with Gasteiger partial charge in [0, 0.05) is 10.7 Å². The number of nitrogens with zero attached hydrogens (tertiary/aromatic N) is 1. The van der Waals surface area contributed by atoms with E-state index in [0.717, 1.165) is 19.4 Å². The number of rotatable bonds is 5. The zero-order valence-corrected chi connectivity index (χ0v) is 11.3. The van der Waals surface area contributed by atoms with Crippen LogP contribution in [0.5, 0.6) is 0 Å². The molecule has 1 aromatic carbocycles. The van der Waals surface area contributed by atoms with Crippen LogP contribution in [0.25, 0.3) is 10.1 Å². The number of thiophene rings is 1. The van der Waals surface area contributed by atoms with Crippen LogP contribution in [0.15, 0.2) is 29.6 Å². The minimum absolute atomic E-state index is 0.481. The molecule has 2 N–H and O–H groups in total. The van der Waals surface area contributed by atoms with Gasteiger partial charge in [-0.05, 0) is 55.9 Å². The van der Waals surface area contributed by atoms with E-state index in [0.29, 0.717) is 6.04 Å². The van der Waals surface area contributed by atoms with Gasteiger partial charge in [0.1, 0.15) is 0 Å². The Morgan fingerprint density at radius 2 is 2.06 bits per heavy atom. The molecular weight excluding hydrogens is 228 g/mol. The van der Waals surface area contributed by atoms with Crippen molar-refractivity contribution in [1.29, 1.82) is 0 Å². The summed E-state index contributed by atoms with van der Waals surface area (Å²) < 4.78 is 1.38. The van der Waals surface area contributed by atoms with E-state index in [4.69, 9.17) is 5.73 Å². The zero-order chi connectivity index (χ0) is 12.3. The van der Waals surface area contributed by atoms with Gasteiger partial charge in [0.25, 0.3) is 0 Å². The average molecular weight is 248 g/mol. The summed E-state index contributed by atoms with van der Waals surface area (Å²) in [5.74, 6) is 0. The molecule has 3 heteroatoms. The van der Waals surface area contributed by atoms with Crippen molar-refractivity contribution in [2.75, 3.05) is 20.6 Å². The van der Waals surface area contributed by atoms with E-state index in [-0.39, 0.29) is 0 Å². The fourth-order valence-corrected chi connectivity index (χ4v) is 3.27. The molecule has 0 aliphatic rings. The monoisotopic (exact) mass is 248 g/mol. The first-order valence-electron chi connectivity index (χ1n) is 6.06. The van der Waals surface area contributed by atoms with Crippen LogP contribution in [-0.2, 0) is 0 Å². The van der Waals surface area contributed by atoms with Gasteiger partial charge >= 0.3 is 0 Å². The van der Waals surface area contributed by atoms with Crippen molar-refractivity contribution in [3.8, 4) is 0 Å². The standard InChI is InChI=1S/C14H20N2S/c1-16(2)13(7-5-9-15)12-10-17-14-8-4-3-6-11(12)14/h3-4,6,8,10,13H,5,7,9,15H2,1-2H3. The molecule has 0 saturated carbocycles. The average Bonchev–Trinajstić information content (AvgIpc) is 2.73. The summed E-state index contributed by atoms with van der Waals surface area (Å²) in [6.07, 6.45) is 2.21. The minimum atomic E-state index is 0.481. The van der Waals surface area contributed by atoms with Crippen molar-refractivity contribution in [1.82, 2.24) is 4.90 Å².